The van der Waals surface area contributed by atoms with Gasteiger partial charge in [-0.3, -0.25) is 4.31 Å². The molecule has 1 heterocycles. The summed E-state index contributed by atoms with van der Waals surface area (Å²) in [6.07, 6.45) is 1.61. The molecule has 0 atom stereocenters. The summed E-state index contributed by atoms with van der Waals surface area (Å²) in [4.78, 5) is 6.96. The number of aryl methyl sites for hydroxylation is 1. The normalized spacial score (nSPS) is 11.3. The minimum atomic E-state index is -3.73. The van der Waals surface area contributed by atoms with E-state index in [1.165, 1.54) is 10.5 Å². The number of benzene rings is 1. The third kappa shape index (κ3) is 3.59. The van der Waals surface area contributed by atoms with Crippen LogP contribution >= 0.6 is 12.2 Å². The van der Waals surface area contributed by atoms with Crippen LogP contribution in [0.1, 0.15) is 12.2 Å². The molecule has 3 N–H and O–H groups in total. The minimum Gasteiger partial charge on any atom is -0.393 e. The fraction of sp³-hybridized carbons (Fsp3) is 0.231. The van der Waals surface area contributed by atoms with E-state index >= 15 is 0 Å². The molecule has 0 bridgehead atoms. The average molecular weight is 324 g/mol. The second-order valence-electron chi connectivity index (χ2n) is 4.46. The van der Waals surface area contributed by atoms with Crippen LogP contribution < -0.4 is 10.0 Å². The van der Waals surface area contributed by atoms with Gasteiger partial charge in [0.1, 0.15) is 5.82 Å². The number of rotatable bonds is 6. The van der Waals surface area contributed by atoms with E-state index in [9.17, 15) is 8.42 Å². The molecule has 112 valence electrons. The van der Waals surface area contributed by atoms with Gasteiger partial charge in [0.25, 0.3) is 10.0 Å². The zero-order valence-corrected chi connectivity index (χ0v) is 13.1. The highest BCUT2D eigenvalue weighted by Crippen LogP contribution is 2.22. The number of hydrogen-bond acceptors (Lipinski definition) is 4. The zero-order chi connectivity index (χ0) is 15.5. The molecule has 0 saturated carbocycles. The van der Waals surface area contributed by atoms with Gasteiger partial charge in [0.2, 0.25) is 0 Å². The van der Waals surface area contributed by atoms with Crippen LogP contribution in [0.25, 0.3) is 0 Å². The van der Waals surface area contributed by atoms with Crippen molar-refractivity contribution in [3.63, 3.8) is 0 Å². The monoisotopic (exact) mass is 324 g/mol. The first-order valence-corrected chi connectivity index (χ1v) is 8.14. The lowest BCUT2D eigenvalue weighted by Crippen LogP contribution is -2.34. The van der Waals surface area contributed by atoms with Gasteiger partial charge in [-0.15, -0.1) is 0 Å². The highest BCUT2D eigenvalue weighted by atomic mass is 32.2. The number of nitrogens with two attached hydrogens (primary N) is 1. The lowest BCUT2D eigenvalue weighted by molar-refractivity contribution is 0.588. The van der Waals surface area contributed by atoms with Crippen LogP contribution in [0.5, 0.6) is 0 Å². The Kier molecular flexibility index (Phi) is 4.59. The number of aromatic amines is 1. The Morgan fingerprint density at radius 3 is 2.57 bits per heavy atom. The smallest absolute Gasteiger partial charge is 0.281 e. The predicted octanol–water partition coefficient (Wildman–Crippen LogP) is 1.59. The van der Waals surface area contributed by atoms with Crippen molar-refractivity contribution >= 4 is 32.9 Å². The molecule has 0 radical (unpaired) electrons. The maximum atomic E-state index is 12.7. The van der Waals surface area contributed by atoms with E-state index in [-0.39, 0.29) is 16.6 Å². The van der Waals surface area contributed by atoms with Gasteiger partial charge in [-0.05, 0) is 19.1 Å². The van der Waals surface area contributed by atoms with E-state index in [0.29, 0.717) is 17.9 Å². The van der Waals surface area contributed by atoms with Crippen LogP contribution in [0.3, 0.4) is 0 Å². The number of anilines is 1. The summed E-state index contributed by atoms with van der Waals surface area (Å²) >= 11 is 4.84. The van der Waals surface area contributed by atoms with Crippen LogP contribution in [0.15, 0.2) is 41.6 Å². The predicted molar refractivity (Wildman–Crippen MR) is 85.7 cm³/mol. The first kappa shape index (κ1) is 15.5. The number of thiocarbonyl (C=S) groups is 1. The van der Waals surface area contributed by atoms with E-state index in [1.54, 1.807) is 31.2 Å². The average Bonchev–Trinajstić information content (AvgIpc) is 2.87. The van der Waals surface area contributed by atoms with Crippen molar-refractivity contribution in [2.24, 2.45) is 5.73 Å². The van der Waals surface area contributed by atoms with Gasteiger partial charge in [0, 0.05) is 13.0 Å². The summed E-state index contributed by atoms with van der Waals surface area (Å²) in [7, 11) is -3.73. The molecule has 21 heavy (non-hydrogen) atoms. The van der Waals surface area contributed by atoms with E-state index in [2.05, 4.69) is 9.97 Å². The first-order valence-electron chi connectivity index (χ1n) is 6.29. The highest BCUT2D eigenvalue weighted by molar-refractivity contribution is 7.92. The Balaban J connectivity index is 2.41. The number of nitrogens with zero attached hydrogens (tertiary/aromatic N) is 2. The number of nitrogens with one attached hydrogen (secondary N) is 1. The van der Waals surface area contributed by atoms with Crippen LogP contribution in [-0.4, -0.2) is 29.9 Å². The van der Waals surface area contributed by atoms with Crippen LogP contribution in [-0.2, 0) is 10.0 Å². The molecule has 0 aliphatic rings. The maximum Gasteiger partial charge on any atom is 0.281 e. The first-order chi connectivity index (χ1) is 9.91. The summed E-state index contributed by atoms with van der Waals surface area (Å²) in [5, 5.41) is 0.0480. The molecule has 0 aliphatic carbocycles. The summed E-state index contributed by atoms with van der Waals surface area (Å²) in [5.41, 5.74) is 6.05. The third-order valence-corrected chi connectivity index (χ3v) is 4.79. The minimum absolute atomic E-state index is 0.0480. The molecule has 0 aliphatic heterocycles. The van der Waals surface area contributed by atoms with Crippen molar-refractivity contribution in [2.45, 2.75) is 18.4 Å². The second-order valence-corrected chi connectivity index (χ2v) is 6.82. The molecule has 1 aromatic heterocycles. The fourth-order valence-electron chi connectivity index (χ4n) is 1.84. The van der Waals surface area contributed by atoms with Gasteiger partial charge in [-0.25, -0.2) is 4.98 Å². The molecule has 0 saturated heterocycles. The molecule has 2 rings (SSSR count). The largest absolute Gasteiger partial charge is 0.393 e. The van der Waals surface area contributed by atoms with Crippen LogP contribution in [0.4, 0.5) is 5.69 Å². The zero-order valence-electron chi connectivity index (χ0n) is 11.5. The molecule has 0 spiro atoms. The van der Waals surface area contributed by atoms with Crippen molar-refractivity contribution in [3.05, 3.63) is 42.4 Å². The van der Waals surface area contributed by atoms with Crippen molar-refractivity contribution in [1.29, 1.82) is 0 Å². The molecule has 0 unspecified atom stereocenters. The van der Waals surface area contributed by atoms with Gasteiger partial charge in [-0.2, -0.15) is 8.42 Å². The van der Waals surface area contributed by atoms with Crippen molar-refractivity contribution in [1.82, 2.24) is 9.97 Å². The van der Waals surface area contributed by atoms with Crippen molar-refractivity contribution in [3.8, 4) is 0 Å². The lowest BCUT2D eigenvalue weighted by atomic mass is 10.3. The Labute approximate surface area is 129 Å². The molecular weight excluding hydrogens is 308 g/mol. The Morgan fingerprint density at radius 2 is 2.05 bits per heavy atom. The van der Waals surface area contributed by atoms with E-state index in [1.807, 2.05) is 6.07 Å². The Bertz CT molecular complexity index is 726. The summed E-state index contributed by atoms with van der Waals surface area (Å²) in [6, 6.07) is 8.82. The van der Waals surface area contributed by atoms with Gasteiger partial charge >= 0.3 is 0 Å². The van der Waals surface area contributed by atoms with Crippen molar-refractivity contribution < 1.29 is 8.42 Å². The number of imidazole rings is 1. The molecule has 0 amide bonds. The third-order valence-electron chi connectivity index (χ3n) is 2.85. The fourth-order valence-corrected chi connectivity index (χ4v) is 3.36. The van der Waals surface area contributed by atoms with E-state index < -0.39 is 10.0 Å². The number of sulfonamides is 1. The molecular formula is C13H16N4O2S2. The van der Waals surface area contributed by atoms with Gasteiger partial charge in [0.05, 0.1) is 16.9 Å². The van der Waals surface area contributed by atoms with Crippen LogP contribution in [0.2, 0.25) is 0 Å². The highest BCUT2D eigenvalue weighted by Gasteiger charge is 2.26. The standard InChI is InChI=1S/C13H16N4O2S2/c1-10-15-9-13(16-10)21(18,19)17(8-7-12(14)20)11-5-3-2-4-6-11/h2-6,9H,7-8H2,1H3,(H2,14,20)(H,15,16). The van der Waals surface area contributed by atoms with E-state index in [0.717, 1.165) is 0 Å². The Morgan fingerprint density at radius 1 is 1.38 bits per heavy atom. The lowest BCUT2D eigenvalue weighted by Gasteiger charge is -2.23. The summed E-state index contributed by atoms with van der Waals surface area (Å²) < 4.78 is 26.7. The number of hydrogen-bond donors (Lipinski definition) is 2. The molecule has 6 nitrogen and oxygen atoms in total. The number of H-pyrrole nitrogens is 1. The molecule has 1 aromatic carbocycles. The molecule has 2 aromatic rings. The van der Waals surface area contributed by atoms with Gasteiger partial charge in [0.15, 0.2) is 5.03 Å². The SMILES string of the molecule is Cc1ncc(S(=O)(=O)N(CCC(N)=S)c2ccccc2)[nH]1. The summed E-state index contributed by atoms with van der Waals surface area (Å²) in [6.45, 7) is 1.88. The van der Waals surface area contributed by atoms with Crippen LogP contribution in [0, 0.1) is 6.92 Å². The van der Waals surface area contributed by atoms with E-state index in [4.69, 9.17) is 18.0 Å². The molecule has 0 fully saturated rings. The second kappa shape index (κ2) is 6.23. The summed E-state index contributed by atoms with van der Waals surface area (Å²) in [5.74, 6) is 0.538. The Hall–Kier alpha value is -1.93. The molecule has 8 heteroatoms. The topological polar surface area (TPSA) is 92.1 Å². The number of aromatic nitrogens is 2. The maximum absolute atomic E-state index is 12.7. The van der Waals surface area contributed by atoms with Crippen molar-refractivity contribution in [2.75, 3.05) is 10.8 Å². The number of para-hydroxylation sites is 1. The van der Waals surface area contributed by atoms with Gasteiger partial charge in [-0.1, -0.05) is 30.4 Å². The quantitative estimate of drug-likeness (QED) is 0.787. The van der Waals surface area contributed by atoms with Gasteiger partial charge < -0.3 is 10.7 Å².